The van der Waals surface area contributed by atoms with E-state index in [0.717, 1.165) is 0 Å². The van der Waals surface area contributed by atoms with Crippen LogP contribution in [0.5, 0.6) is 5.75 Å². The number of carbonyl (C=O) groups excluding carboxylic acids is 1. The largest absolute Gasteiger partial charge is 0.492 e. The van der Waals surface area contributed by atoms with Gasteiger partial charge in [-0.2, -0.15) is 0 Å². The summed E-state index contributed by atoms with van der Waals surface area (Å²) >= 11 is 5.80. The van der Waals surface area contributed by atoms with Gasteiger partial charge in [0.05, 0.1) is 18.2 Å². The van der Waals surface area contributed by atoms with E-state index >= 15 is 0 Å². The smallest absolute Gasteiger partial charge is 0.173 e. The van der Waals surface area contributed by atoms with Crippen LogP contribution in [0.1, 0.15) is 18.0 Å². The summed E-state index contributed by atoms with van der Waals surface area (Å²) in [6.45, 7) is 0. The lowest BCUT2D eigenvalue weighted by molar-refractivity contribution is -0.115. The number of ketones is 1. The molecule has 0 fully saturated rings. The number of hydrogen-bond acceptors (Lipinski definition) is 3. The zero-order valence-corrected chi connectivity index (χ0v) is 9.92. The molecule has 0 spiro atoms. The quantitative estimate of drug-likeness (QED) is 0.883. The van der Waals surface area contributed by atoms with E-state index in [0.29, 0.717) is 5.56 Å². The van der Waals surface area contributed by atoms with Gasteiger partial charge < -0.3 is 10.1 Å². The highest BCUT2D eigenvalue weighted by atomic mass is 35.5. The van der Waals surface area contributed by atoms with Gasteiger partial charge in [0, 0.05) is 18.2 Å². The highest BCUT2D eigenvalue weighted by Gasteiger charge is 2.23. The highest BCUT2D eigenvalue weighted by Crippen LogP contribution is 2.33. The fraction of sp³-hybridized carbons (Fsp3) is 0.250. The third-order valence-corrected chi connectivity index (χ3v) is 2.93. The summed E-state index contributed by atoms with van der Waals surface area (Å²) in [5.41, 5.74) is 0.379. The first kappa shape index (κ1) is 11.9. The molecule has 0 saturated heterocycles. The Morgan fingerprint density at radius 3 is 2.94 bits per heavy atom. The minimum absolute atomic E-state index is 0.00738. The minimum atomic E-state index is -0.527. The molecular formula is C12H11ClFNO2. The lowest BCUT2D eigenvalue weighted by Gasteiger charge is -2.21. The number of nitrogens with one attached hydrogen (secondary N) is 1. The van der Waals surface area contributed by atoms with Gasteiger partial charge in [-0.25, -0.2) is 4.39 Å². The Kier molecular flexibility index (Phi) is 3.33. The molecule has 17 heavy (non-hydrogen) atoms. The third-order valence-electron chi connectivity index (χ3n) is 2.63. The molecule has 5 heteroatoms. The summed E-state index contributed by atoms with van der Waals surface area (Å²) in [6, 6.07) is 2.74. The van der Waals surface area contributed by atoms with Crippen molar-refractivity contribution in [1.82, 2.24) is 5.32 Å². The predicted octanol–water partition coefficient (Wildman–Crippen LogP) is 2.60. The van der Waals surface area contributed by atoms with Crippen LogP contribution in [0.15, 0.2) is 24.4 Å². The fourth-order valence-electron chi connectivity index (χ4n) is 1.79. The molecule has 1 aliphatic heterocycles. The van der Waals surface area contributed by atoms with Gasteiger partial charge in [0.25, 0.3) is 0 Å². The number of rotatable bonds is 2. The van der Waals surface area contributed by atoms with Gasteiger partial charge in [-0.3, -0.25) is 4.79 Å². The zero-order valence-electron chi connectivity index (χ0n) is 9.17. The van der Waals surface area contributed by atoms with Crippen molar-refractivity contribution in [2.75, 3.05) is 7.11 Å². The lowest BCUT2D eigenvalue weighted by atomic mass is 9.98. The summed E-state index contributed by atoms with van der Waals surface area (Å²) in [5.74, 6) is -0.560. The van der Waals surface area contributed by atoms with Crippen molar-refractivity contribution in [3.8, 4) is 5.75 Å². The van der Waals surface area contributed by atoms with E-state index in [9.17, 15) is 9.18 Å². The molecule has 0 aromatic heterocycles. The number of allylic oxidation sites excluding steroid dienone is 1. The molecule has 0 amide bonds. The van der Waals surface area contributed by atoms with Crippen LogP contribution in [0, 0.1) is 5.82 Å². The molecule has 2 rings (SSSR count). The first-order valence-corrected chi connectivity index (χ1v) is 5.48. The standard InChI is InChI=1S/C12H11ClFNO2/c1-17-12-9(13)3-2-8(11(12)14)10-6-7(16)4-5-15-10/h2-5,10,15H,6H2,1H3. The SMILES string of the molecule is COc1c(Cl)ccc(C2CC(=O)C=CN2)c1F. The fourth-order valence-corrected chi connectivity index (χ4v) is 2.01. The van der Waals surface area contributed by atoms with Crippen molar-refractivity contribution < 1.29 is 13.9 Å². The molecule has 0 saturated carbocycles. The number of halogens is 2. The monoisotopic (exact) mass is 255 g/mol. The second kappa shape index (κ2) is 4.75. The van der Waals surface area contributed by atoms with Crippen molar-refractivity contribution >= 4 is 17.4 Å². The molecule has 1 aromatic rings. The van der Waals surface area contributed by atoms with Crippen LogP contribution in [0.4, 0.5) is 4.39 Å². The maximum atomic E-state index is 14.1. The van der Waals surface area contributed by atoms with Crippen LogP contribution in [-0.2, 0) is 4.79 Å². The van der Waals surface area contributed by atoms with Crippen LogP contribution in [-0.4, -0.2) is 12.9 Å². The van der Waals surface area contributed by atoms with E-state index in [2.05, 4.69) is 5.32 Å². The molecule has 90 valence electrons. The van der Waals surface area contributed by atoms with E-state index in [1.165, 1.54) is 19.4 Å². The molecule has 0 aliphatic carbocycles. The minimum Gasteiger partial charge on any atom is -0.492 e. The van der Waals surface area contributed by atoms with Crippen LogP contribution in [0.25, 0.3) is 0 Å². The van der Waals surface area contributed by atoms with Gasteiger partial charge in [0.15, 0.2) is 17.3 Å². The first-order chi connectivity index (χ1) is 8.13. The van der Waals surface area contributed by atoms with E-state index in [1.807, 2.05) is 0 Å². The number of carbonyl (C=O) groups is 1. The molecular weight excluding hydrogens is 245 g/mol. The van der Waals surface area contributed by atoms with Gasteiger partial charge in [0.2, 0.25) is 0 Å². The average molecular weight is 256 g/mol. The lowest BCUT2D eigenvalue weighted by Crippen LogP contribution is -2.24. The Hall–Kier alpha value is -1.55. The van der Waals surface area contributed by atoms with Crippen molar-refractivity contribution in [1.29, 1.82) is 0 Å². The Labute approximate surface area is 103 Å². The van der Waals surface area contributed by atoms with Crippen LogP contribution < -0.4 is 10.1 Å². The molecule has 1 unspecified atom stereocenters. The van der Waals surface area contributed by atoms with Crippen molar-refractivity contribution in [2.45, 2.75) is 12.5 Å². The molecule has 1 aliphatic rings. The number of methoxy groups -OCH3 is 1. The molecule has 1 aromatic carbocycles. The summed E-state index contributed by atoms with van der Waals surface area (Å²) in [5, 5.41) is 3.15. The van der Waals surface area contributed by atoms with Gasteiger partial charge >= 0.3 is 0 Å². The summed E-state index contributed by atoms with van der Waals surface area (Å²) < 4.78 is 19.0. The maximum Gasteiger partial charge on any atom is 0.173 e. The van der Waals surface area contributed by atoms with Crippen molar-refractivity contribution in [3.63, 3.8) is 0 Å². The maximum absolute atomic E-state index is 14.1. The molecule has 1 heterocycles. The number of benzene rings is 1. The van der Waals surface area contributed by atoms with Gasteiger partial charge in [0.1, 0.15) is 0 Å². The van der Waals surface area contributed by atoms with E-state index < -0.39 is 5.82 Å². The number of ether oxygens (including phenoxy) is 1. The van der Waals surface area contributed by atoms with Crippen molar-refractivity contribution in [3.05, 3.63) is 40.8 Å². The summed E-state index contributed by atoms with van der Waals surface area (Å²) in [7, 11) is 1.35. The second-order valence-corrected chi connectivity index (χ2v) is 4.11. The van der Waals surface area contributed by atoms with Crippen molar-refractivity contribution in [2.24, 2.45) is 0 Å². The average Bonchev–Trinajstić information content (AvgIpc) is 2.29. The van der Waals surface area contributed by atoms with Gasteiger partial charge in [-0.1, -0.05) is 17.7 Å². The van der Waals surface area contributed by atoms with Gasteiger partial charge in [-0.05, 0) is 12.1 Å². The second-order valence-electron chi connectivity index (χ2n) is 3.71. The van der Waals surface area contributed by atoms with E-state index in [-0.39, 0.29) is 29.0 Å². The molecule has 0 bridgehead atoms. The van der Waals surface area contributed by atoms with Crippen LogP contribution in [0.2, 0.25) is 5.02 Å². The Morgan fingerprint density at radius 1 is 1.53 bits per heavy atom. The van der Waals surface area contributed by atoms with E-state index in [4.69, 9.17) is 16.3 Å². The molecule has 0 radical (unpaired) electrons. The third kappa shape index (κ3) is 2.26. The van der Waals surface area contributed by atoms with E-state index in [1.54, 1.807) is 12.1 Å². The Morgan fingerprint density at radius 2 is 2.29 bits per heavy atom. The Bertz CT molecular complexity index is 488. The van der Waals surface area contributed by atoms with Crippen LogP contribution >= 0.6 is 11.6 Å². The topological polar surface area (TPSA) is 38.3 Å². The predicted molar refractivity (Wildman–Crippen MR) is 62.6 cm³/mol. The highest BCUT2D eigenvalue weighted by molar-refractivity contribution is 6.32. The molecule has 3 nitrogen and oxygen atoms in total. The van der Waals surface area contributed by atoms with Gasteiger partial charge in [-0.15, -0.1) is 0 Å². The molecule has 1 N–H and O–H groups in total. The first-order valence-electron chi connectivity index (χ1n) is 5.10. The molecule has 1 atom stereocenters. The number of hydrogen-bond donors (Lipinski definition) is 1. The zero-order chi connectivity index (χ0) is 12.4. The normalized spacial score (nSPS) is 19.0. The summed E-state index contributed by atoms with van der Waals surface area (Å²) in [4.78, 5) is 11.3. The van der Waals surface area contributed by atoms with Crippen LogP contribution in [0.3, 0.4) is 0 Å². The Balaban J connectivity index is 2.39. The summed E-state index contributed by atoms with van der Waals surface area (Å²) in [6.07, 6.45) is 3.18.